The third-order valence-electron chi connectivity index (χ3n) is 4.94. The number of hydrogen-bond donors (Lipinski definition) is 1. The van der Waals surface area contributed by atoms with Crippen LogP contribution in [0.25, 0.3) is 0 Å². The first-order valence-electron chi connectivity index (χ1n) is 9.39. The highest BCUT2D eigenvalue weighted by Gasteiger charge is 2.30. The molecule has 1 aromatic heterocycles. The Hall–Kier alpha value is -3.14. The van der Waals surface area contributed by atoms with E-state index >= 15 is 0 Å². The minimum absolute atomic E-state index is 0.0926. The molecular formula is C22H20F4N2O3S. The highest BCUT2D eigenvalue weighted by molar-refractivity contribution is 7.92. The van der Waals surface area contributed by atoms with Gasteiger partial charge in [-0.2, -0.15) is 13.2 Å². The van der Waals surface area contributed by atoms with Crippen molar-refractivity contribution < 1.29 is 30.8 Å². The van der Waals surface area contributed by atoms with Crippen LogP contribution in [0.15, 0.2) is 48.5 Å². The molecule has 0 aliphatic heterocycles. The van der Waals surface area contributed by atoms with Crippen LogP contribution in [0.4, 0.5) is 23.2 Å². The third kappa shape index (κ3) is 5.18. The molecule has 0 aliphatic rings. The maximum atomic E-state index is 14.5. The van der Waals surface area contributed by atoms with Gasteiger partial charge in [-0.15, -0.1) is 0 Å². The summed E-state index contributed by atoms with van der Waals surface area (Å²) in [6, 6.07) is 9.63. The van der Waals surface area contributed by atoms with Gasteiger partial charge in [-0.05, 0) is 48.4 Å². The number of alkyl halides is 3. The van der Waals surface area contributed by atoms with E-state index in [-0.39, 0.29) is 28.9 Å². The molecule has 1 heterocycles. The van der Waals surface area contributed by atoms with Crippen LogP contribution < -0.4 is 4.72 Å². The van der Waals surface area contributed by atoms with E-state index in [1.807, 2.05) is 0 Å². The topological polar surface area (TPSA) is 68.2 Å². The molecule has 0 bridgehead atoms. The number of sulfonamides is 1. The van der Waals surface area contributed by atoms with Crippen LogP contribution >= 0.6 is 0 Å². The number of carbonyl (C=O) groups excluding carboxylic acids is 1. The van der Waals surface area contributed by atoms with E-state index in [1.165, 1.54) is 12.1 Å². The summed E-state index contributed by atoms with van der Waals surface area (Å²) in [5.74, 6) is -1.06. The number of nitrogens with one attached hydrogen (secondary N) is 1. The van der Waals surface area contributed by atoms with E-state index in [9.17, 15) is 30.8 Å². The highest BCUT2D eigenvalue weighted by atomic mass is 32.2. The van der Waals surface area contributed by atoms with Crippen LogP contribution in [0.1, 0.15) is 38.4 Å². The molecule has 170 valence electrons. The molecule has 32 heavy (non-hydrogen) atoms. The van der Waals surface area contributed by atoms with Gasteiger partial charge < -0.3 is 4.57 Å². The van der Waals surface area contributed by atoms with E-state index in [4.69, 9.17) is 0 Å². The average molecular weight is 468 g/mol. The van der Waals surface area contributed by atoms with E-state index < -0.39 is 33.4 Å². The normalized spacial score (nSPS) is 12.1. The number of anilines is 1. The van der Waals surface area contributed by atoms with Gasteiger partial charge in [0.25, 0.3) is 0 Å². The van der Waals surface area contributed by atoms with Gasteiger partial charge in [0.1, 0.15) is 5.82 Å². The largest absolute Gasteiger partial charge is 0.416 e. The second-order valence-electron chi connectivity index (χ2n) is 7.49. The van der Waals surface area contributed by atoms with Gasteiger partial charge in [0.2, 0.25) is 15.8 Å². The molecule has 3 rings (SSSR count). The van der Waals surface area contributed by atoms with Gasteiger partial charge in [0.05, 0.1) is 23.2 Å². The summed E-state index contributed by atoms with van der Waals surface area (Å²) in [6.07, 6.45) is -3.41. The Morgan fingerprint density at radius 3 is 2.22 bits per heavy atom. The summed E-state index contributed by atoms with van der Waals surface area (Å²) < 4.78 is 79.2. The second-order valence-corrected chi connectivity index (χ2v) is 9.24. The van der Waals surface area contributed by atoms with Crippen LogP contribution in [-0.2, 0) is 29.7 Å². The average Bonchev–Trinajstić information content (AvgIpc) is 2.95. The standard InChI is InChI=1S/C22H20F4N2O3S/c1-13-10-18(11-15-6-9-17(12-19(15)23)27-32(3,30)31)28(2)20(13)21(29)14-4-7-16(8-5-14)22(24,25)26/h4-10,12,27H,11H2,1-3H3. The maximum absolute atomic E-state index is 14.5. The van der Waals surface area contributed by atoms with Crippen molar-refractivity contribution >= 4 is 21.5 Å². The zero-order valence-electron chi connectivity index (χ0n) is 17.4. The van der Waals surface area contributed by atoms with Gasteiger partial charge >= 0.3 is 6.18 Å². The van der Waals surface area contributed by atoms with Crippen molar-refractivity contribution in [2.75, 3.05) is 11.0 Å². The first kappa shape index (κ1) is 23.5. The maximum Gasteiger partial charge on any atom is 0.416 e. The van der Waals surface area contributed by atoms with E-state index in [1.54, 1.807) is 24.6 Å². The molecule has 0 saturated heterocycles. The zero-order valence-corrected chi connectivity index (χ0v) is 18.2. The molecule has 0 amide bonds. The lowest BCUT2D eigenvalue weighted by Crippen LogP contribution is -2.12. The number of halogens is 4. The van der Waals surface area contributed by atoms with E-state index in [0.29, 0.717) is 11.3 Å². The van der Waals surface area contributed by atoms with Gasteiger partial charge in [0, 0.05) is 24.7 Å². The molecule has 0 unspecified atom stereocenters. The predicted octanol–water partition coefficient (Wildman–Crippen LogP) is 4.68. The number of benzene rings is 2. The summed E-state index contributed by atoms with van der Waals surface area (Å²) in [5.41, 5.74) is 1.14. The smallest absolute Gasteiger partial charge is 0.344 e. The van der Waals surface area contributed by atoms with Crippen LogP contribution in [0.3, 0.4) is 0 Å². The van der Waals surface area contributed by atoms with Crippen molar-refractivity contribution in [1.29, 1.82) is 0 Å². The Morgan fingerprint density at radius 2 is 1.69 bits per heavy atom. The Labute approximate surface area is 182 Å². The van der Waals surface area contributed by atoms with Crippen molar-refractivity contribution in [3.05, 3.63) is 88.0 Å². The van der Waals surface area contributed by atoms with Crippen molar-refractivity contribution in [2.45, 2.75) is 19.5 Å². The summed E-state index contributed by atoms with van der Waals surface area (Å²) in [7, 11) is -1.92. The van der Waals surface area contributed by atoms with Gasteiger partial charge in [-0.1, -0.05) is 18.2 Å². The molecular weight excluding hydrogens is 448 g/mol. The summed E-state index contributed by atoms with van der Waals surface area (Å²) >= 11 is 0. The molecule has 1 N–H and O–H groups in total. The fourth-order valence-electron chi connectivity index (χ4n) is 3.43. The minimum Gasteiger partial charge on any atom is -0.344 e. The summed E-state index contributed by atoms with van der Waals surface area (Å²) in [4.78, 5) is 12.9. The van der Waals surface area contributed by atoms with Crippen molar-refractivity contribution in [3.8, 4) is 0 Å². The molecule has 0 atom stereocenters. The van der Waals surface area contributed by atoms with Crippen LogP contribution in [-0.4, -0.2) is 25.0 Å². The molecule has 10 heteroatoms. The number of aryl methyl sites for hydroxylation is 1. The number of hydrogen-bond acceptors (Lipinski definition) is 3. The van der Waals surface area contributed by atoms with Crippen molar-refractivity contribution in [3.63, 3.8) is 0 Å². The number of nitrogens with zero attached hydrogens (tertiary/aromatic N) is 1. The zero-order chi connectivity index (χ0) is 23.8. The molecule has 5 nitrogen and oxygen atoms in total. The minimum atomic E-state index is -4.49. The molecule has 0 spiro atoms. The molecule has 0 aliphatic carbocycles. The number of carbonyl (C=O) groups is 1. The second kappa shape index (κ2) is 8.42. The number of rotatable bonds is 6. The fourth-order valence-corrected chi connectivity index (χ4v) is 3.99. The van der Waals surface area contributed by atoms with Crippen molar-refractivity contribution in [2.24, 2.45) is 7.05 Å². The number of ketones is 1. The van der Waals surface area contributed by atoms with Gasteiger partial charge in [-0.3, -0.25) is 9.52 Å². The Bertz CT molecular complexity index is 1280. The third-order valence-corrected chi connectivity index (χ3v) is 5.55. The first-order valence-corrected chi connectivity index (χ1v) is 11.3. The lowest BCUT2D eigenvalue weighted by Gasteiger charge is -2.11. The number of aromatic nitrogens is 1. The molecule has 0 saturated carbocycles. The van der Waals surface area contributed by atoms with Gasteiger partial charge in [0.15, 0.2) is 0 Å². The van der Waals surface area contributed by atoms with Crippen LogP contribution in [0.5, 0.6) is 0 Å². The lowest BCUT2D eigenvalue weighted by atomic mass is 10.0. The van der Waals surface area contributed by atoms with Crippen LogP contribution in [0.2, 0.25) is 0 Å². The fraction of sp³-hybridized carbons (Fsp3) is 0.227. The Kier molecular flexibility index (Phi) is 6.19. The first-order chi connectivity index (χ1) is 14.8. The predicted molar refractivity (Wildman–Crippen MR) is 113 cm³/mol. The quantitative estimate of drug-likeness (QED) is 0.422. The monoisotopic (exact) mass is 468 g/mol. The van der Waals surface area contributed by atoms with Crippen molar-refractivity contribution in [1.82, 2.24) is 4.57 Å². The van der Waals surface area contributed by atoms with E-state index in [2.05, 4.69) is 4.72 Å². The Balaban J connectivity index is 1.87. The van der Waals surface area contributed by atoms with Gasteiger partial charge in [-0.25, -0.2) is 12.8 Å². The van der Waals surface area contributed by atoms with Crippen LogP contribution in [0, 0.1) is 12.7 Å². The highest BCUT2D eigenvalue weighted by Crippen LogP contribution is 2.30. The summed E-state index contributed by atoms with van der Waals surface area (Å²) in [5, 5.41) is 0. The lowest BCUT2D eigenvalue weighted by molar-refractivity contribution is -0.137. The SMILES string of the molecule is Cc1cc(Cc2ccc(NS(C)(=O)=O)cc2F)n(C)c1C(=O)c1ccc(C(F)(F)F)cc1. The Morgan fingerprint density at radius 1 is 1.06 bits per heavy atom. The molecule has 3 aromatic rings. The molecule has 2 aromatic carbocycles. The molecule has 0 fully saturated rings. The summed E-state index contributed by atoms with van der Waals surface area (Å²) in [6.45, 7) is 1.69. The van der Waals surface area contributed by atoms with E-state index in [0.717, 1.165) is 36.6 Å². The molecule has 0 radical (unpaired) electrons.